The number of sulfone groups is 1. The van der Waals surface area contributed by atoms with E-state index in [1.807, 2.05) is 0 Å². The summed E-state index contributed by atoms with van der Waals surface area (Å²) in [4.78, 5) is 24.1. The first-order chi connectivity index (χ1) is 12.2. The molecule has 0 aliphatic carbocycles. The van der Waals surface area contributed by atoms with Crippen LogP contribution in [0.25, 0.3) is 0 Å². The second-order valence-corrected chi connectivity index (χ2v) is 7.92. The van der Waals surface area contributed by atoms with E-state index < -0.39 is 33.6 Å². The Labute approximate surface area is 150 Å². The number of amides is 1. The summed E-state index contributed by atoms with van der Waals surface area (Å²) in [7, 11) is -3.17. The number of hydrogen-bond acceptors (Lipinski definition) is 5. The molecule has 0 unspecified atom stereocenters. The predicted octanol–water partition coefficient (Wildman–Crippen LogP) is 2.55. The smallest absolute Gasteiger partial charge is 0.338 e. The van der Waals surface area contributed by atoms with Gasteiger partial charge in [-0.3, -0.25) is 4.79 Å². The Hall–Kier alpha value is -2.74. The second kappa shape index (κ2) is 8.09. The van der Waals surface area contributed by atoms with E-state index in [1.165, 1.54) is 49.4 Å². The van der Waals surface area contributed by atoms with Gasteiger partial charge in [-0.2, -0.15) is 0 Å². The van der Waals surface area contributed by atoms with E-state index in [0.29, 0.717) is 5.56 Å². The molecule has 2 aromatic carbocycles. The van der Waals surface area contributed by atoms with Gasteiger partial charge in [0.25, 0.3) is 5.91 Å². The van der Waals surface area contributed by atoms with E-state index in [2.05, 4.69) is 5.32 Å². The number of para-hydroxylation sites is 1. The van der Waals surface area contributed by atoms with Crippen molar-refractivity contribution in [3.63, 3.8) is 0 Å². The highest BCUT2D eigenvalue weighted by Gasteiger charge is 2.20. The van der Waals surface area contributed by atoms with Crippen molar-refractivity contribution in [2.75, 3.05) is 11.6 Å². The lowest BCUT2D eigenvalue weighted by Gasteiger charge is -2.14. The summed E-state index contributed by atoms with van der Waals surface area (Å²) >= 11 is 0. The lowest BCUT2D eigenvalue weighted by molar-refractivity contribution is -0.123. The summed E-state index contributed by atoms with van der Waals surface area (Å²) in [5.74, 6) is -2.14. The molecule has 0 saturated carbocycles. The number of nitrogens with one attached hydrogen (secondary N) is 1. The maximum absolute atomic E-state index is 13.5. The van der Waals surface area contributed by atoms with Crippen molar-refractivity contribution in [2.45, 2.75) is 18.8 Å². The average molecular weight is 379 g/mol. The van der Waals surface area contributed by atoms with Crippen LogP contribution in [0, 0.1) is 5.82 Å². The van der Waals surface area contributed by atoms with Gasteiger partial charge in [0.05, 0.1) is 17.0 Å². The number of ether oxygens (including phenoxy) is 1. The van der Waals surface area contributed by atoms with E-state index in [1.54, 1.807) is 6.07 Å². The molecule has 8 heteroatoms. The fourth-order valence-electron chi connectivity index (χ4n) is 2.12. The number of benzene rings is 2. The zero-order valence-corrected chi connectivity index (χ0v) is 15.0. The van der Waals surface area contributed by atoms with Crippen LogP contribution in [0.1, 0.15) is 22.8 Å². The lowest BCUT2D eigenvalue weighted by Crippen LogP contribution is -2.30. The van der Waals surface area contributed by atoms with Crippen LogP contribution in [0.4, 0.5) is 10.1 Å². The Morgan fingerprint density at radius 3 is 2.31 bits per heavy atom. The van der Waals surface area contributed by atoms with Crippen LogP contribution in [0.2, 0.25) is 0 Å². The molecule has 0 saturated heterocycles. The van der Waals surface area contributed by atoms with Gasteiger partial charge in [0.15, 0.2) is 15.9 Å². The number of anilines is 1. The molecular formula is C18H18FNO5S. The maximum Gasteiger partial charge on any atom is 0.338 e. The Morgan fingerprint density at radius 1 is 1.12 bits per heavy atom. The number of hydrogen-bond donors (Lipinski definition) is 1. The Morgan fingerprint density at radius 2 is 1.73 bits per heavy atom. The molecule has 138 valence electrons. The molecule has 0 aliphatic heterocycles. The highest BCUT2D eigenvalue weighted by atomic mass is 32.2. The third-order valence-electron chi connectivity index (χ3n) is 3.40. The third-order valence-corrected chi connectivity index (χ3v) is 4.26. The van der Waals surface area contributed by atoms with Crippen molar-refractivity contribution < 1.29 is 27.1 Å². The minimum absolute atomic E-state index is 0.00877. The first-order valence-corrected chi connectivity index (χ1v) is 9.75. The van der Waals surface area contributed by atoms with E-state index in [4.69, 9.17) is 4.74 Å². The fourth-order valence-corrected chi connectivity index (χ4v) is 2.92. The summed E-state index contributed by atoms with van der Waals surface area (Å²) in [6.45, 7) is 1.37. The molecule has 2 rings (SSSR count). The molecule has 0 spiro atoms. The van der Waals surface area contributed by atoms with E-state index in [9.17, 15) is 22.4 Å². The molecule has 1 N–H and O–H groups in total. The van der Waals surface area contributed by atoms with Gasteiger partial charge in [-0.1, -0.05) is 24.3 Å². The van der Waals surface area contributed by atoms with Crippen LogP contribution in [-0.4, -0.2) is 32.7 Å². The number of carbonyl (C=O) groups is 2. The number of halogens is 1. The SMILES string of the molecule is C[C@H](OC(=O)c1ccc(CS(C)(=O)=O)cc1)C(=O)Nc1ccccc1F. The quantitative estimate of drug-likeness (QED) is 0.779. The molecular weight excluding hydrogens is 361 g/mol. The normalized spacial score (nSPS) is 12.3. The number of carbonyl (C=O) groups excluding carboxylic acids is 2. The van der Waals surface area contributed by atoms with Gasteiger partial charge in [0.2, 0.25) is 0 Å². The third kappa shape index (κ3) is 5.66. The molecule has 1 atom stereocenters. The summed E-state index contributed by atoms with van der Waals surface area (Å²) in [6.07, 6.45) is -0.0248. The minimum atomic E-state index is -3.17. The Kier molecular flexibility index (Phi) is 6.10. The van der Waals surface area contributed by atoms with Crippen LogP contribution in [-0.2, 0) is 25.1 Å². The maximum atomic E-state index is 13.5. The lowest BCUT2D eigenvalue weighted by atomic mass is 10.1. The van der Waals surface area contributed by atoms with Gasteiger partial charge in [-0.25, -0.2) is 17.6 Å². The number of rotatable bonds is 6. The van der Waals surface area contributed by atoms with Crippen molar-refractivity contribution in [3.8, 4) is 0 Å². The van der Waals surface area contributed by atoms with Gasteiger partial charge in [-0.15, -0.1) is 0 Å². The van der Waals surface area contributed by atoms with Crippen LogP contribution in [0.5, 0.6) is 0 Å². The van der Waals surface area contributed by atoms with Crippen molar-refractivity contribution >= 4 is 27.4 Å². The molecule has 1 amide bonds. The molecule has 0 aromatic heterocycles. The van der Waals surface area contributed by atoms with Crippen molar-refractivity contribution in [3.05, 3.63) is 65.5 Å². The highest BCUT2D eigenvalue weighted by Crippen LogP contribution is 2.14. The summed E-state index contributed by atoms with van der Waals surface area (Å²) in [6, 6.07) is 11.5. The van der Waals surface area contributed by atoms with Crippen LogP contribution in [0.15, 0.2) is 48.5 Å². The van der Waals surface area contributed by atoms with Crippen LogP contribution >= 0.6 is 0 Å². The van der Waals surface area contributed by atoms with Gasteiger partial charge in [-0.05, 0) is 36.8 Å². The van der Waals surface area contributed by atoms with E-state index >= 15 is 0 Å². The number of esters is 1. The Balaban J connectivity index is 1.98. The second-order valence-electron chi connectivity index (χ2n) is 5.78. The largest absolute Gasteiger partial charge is 0.449 e. The van der Waals surface area contributed by atoms with Gasteiger partial charge >= 0.3 is 5.97 Å². The summed E-state index contributed by atoms with van der Waals surface area (Å²) in [5.41, 5.74) is 0.702. The van der Waals surface area contributed by atoms with Crippen molar-refractivity contribution in [1.82, 2.24) is 0 Å². The van der Waals surface area contributed by atoms with Gasteiger partial charge < -0.3 is 10.1 Å². The first kappa shape index (κ1) is 19.6. The zero-order valence-electron chi connectivity index (χ0n) is 14.2. The predicted molar refractivity (Wildman–Crippen MR) is 94.9 cm³/mol. The molecule has 0 aliphatic rings. The van der Waals surface area contributed by atoms with Crippen LogP contribution < -0.4 is 5.32 Å². The minimum Gasteiger partial charge on any atom is -0.449 e. The highest BCUT2D eigenvalue weighted by molar-refractivity contribution is 7.89. The molecule has 2 aromatic rings. The van der Waals surface area contributed by atoms with Gasteiger partial charge in [0.1, 0.15) is 5.82 Å². The van der Waals surface area contributed by atoms with Crippen LogP contribution in [0.3, 0.4) is 0 Å². The first-order valence-electron chi connectivity index (χ1n) is 7.69. The molecule has 0 fully saturated rings. The van der Waals surface area contributed by atoms with Gasteiger partial charge in [0, 0.05) is 6.26 Å². The van der Waals surface area contributed by atoms with Crippen molar-refractivity contribution in [2.24, 2.45) is 0 Å². The molecule has 26 heavy (non-hydrogen) atoms. The zero-order chi connectivity index (χ0) is 19.3. The van der Waals surface area contributed by atoms with Crippen molar-refractivity contribution in [1.29, 1.82) is 0 Å². The summed E-state index contributed by atoms with van der Waals surface area (Å²) < 4.78 is 41.1. The molecule has 0 bridgehead atoms. The summed E-state index contributed by atoms with van der Waals surface area (Å²) in [5, 5.41) is 2.34. The van der Waals surface area contributed by atoms with E-state index in [0.717, 1.165) is 6.26 Å². The standard InChI is InChI=1S/C18H18FNO5S/c1-12(17(21)20-16-6-4-3-5-15(16)19)25-18(22)14-9-7-13(8-10-14)11-26(2,23)24/h3-10,12H,11H2,1-2H3,(H,20,21)/t12-/m0/s1. The average Bonchev–Trinajstić information content (AvgIpc) is 2.56. The fraction of sp³-hybridized carbons (Fsp3) is 0.222. The molecule has 0 heterocycles. The van der Waals surface area contributed by atoms with E-state index in [-0.39, 0.29) is 17.0 Å². The molecule has 0 radical (unpaired) electrons. The molecule has 6 nitrogen and oxygen atoms in total. The topological polar surface area (TPSA) is 89.5 Å². The Bertz CT molecular complexity index is 909. The monoisotopic (exact) mass is 379 g/mol.